The first kappa shape index (κ1) is 19.6. The summed E-state index contributed by atoms with van der Waals surface area (Å²) in [5, 5.41) is 0. The van der Waals surface area contributed by atoms with E-state index in [-0.39, 0.29) is 10.4 Å². The number of nitrogens with one attached hydrogen (secondary N) is 1. The van der Waals surface area contributed by atoms with Crippen LogP contribution in [0.15, 0.2) is 23.1 Å². The average molecular weight is 383 g/mol. The van der Waals surface area contributed by atoms with Gasteiger partial charge in [0.1, 0.15) is 10.6 Å². The molecule has 6 nitrogen and oxygen atoms in total. The van der Waals surface area contributed by atoms with Crippen LogP contribution in [0.3, 0.4) is 0 Å². The van der Waals surface area contributed by atoms with E-state index in [2.05, 4.69) is 9.62 Å². The molecule has 1 aliphatic carbocycles. The molecule has 1 heterocycles. The van der Waals surface area contributed by atoms with Gasteiger partial charge in [0.25, 0.3) is 0 Å². The average Bonchev–Trinajstić information content (AvgIpc) is 2.68. The largest absolute Gasteiger partial charge is 0.495 e. The lowest BCUT2D eigenvalue weighted by atomic mass is 9.80. The van der Waals surface area contributed by atoms with Crippen LogP contribution in [0.2, 0.25) is 0 Å². The third-order valence-corrected chi connectivity index (χ3v) is 7.09. The predicted octanol–water partition coefficient (Wildman–Crippen LogP) is 2.32. The molecule has 1 aromatic carbocycles. The maximum absolute atomic E-state index is 13.0. The minimum Gasteiger partial charge on any atom is -0.495 e. The summed E-state index contributed by atoms with van der Waals surface area (Å²) >= 11 is 0. The van der Waals surface area contributed by atoms with Gasteiger partial charge in [-0.25, -0.2) is 13.1 Å². The van der Waals surface area contributed by atoms with E-state index in [1.807, 2.05) is 13.0 Å². The Bertz CT molecular complexity index is 708. The first-order valence-electron chi connectivity index (χ1n) is 9.44. The van der Waals surface area contributed by atoms with Crippen molar-refractivity contribution >= 4 is 10.0 Å². The van der Waals surface area contributed by atoms with E-state index in [0.29, 0.717) is 12.3 Å². The Balaban J connectivity index is 1.81. The van der Waals surface area contributed by atoms with Crippen molar-refractivity contribution in [2.75, 3.05) is 40.0 Å². The zero-order valence-electron chi connectivity index (χ0n) is 15.8. The van der Waals surface area contributed by atoms with E-state index >= 15 is 0 Å². The second-order valence-electron chi connectivity index (χ2n) is 7.36. The van der Waals surface area contributed by atoms with Gasteiger partial charge in [-0.2, -0.15) is 0 Å². The van der Waals surface area contributed by atoms with Crippen LogP contribution < -0.4 is 9.46 Å². The molecule has 3 rings (SSSR count). The van der Waals surface area contributed by atoms with Crippen LogP contribution in [0.25, 0.3) is 0 Å². The van der Waals surface area contributed by atoms with Gasteiger partial charge in [0.05, 0.1) is 20.3 Å². The number of hydrogen-bond donors (Lipinski definition) is 1. The van der Waals surface area contributed by atoms with Gasteiger partial charge in [-0.05, 0) is 37.5 Å². The van der Waals surface area contributed by atoms with Crippen molar-refractivity contribution in [3.05, 3.63) is 23.8 Å². The van der Waals surface area contributed by atoms with Gasteiger partial charge >= 0.3 is 0 Å². The van der Waals surface area contributed by atoms with Gasteiger partial charge < -0.3 is 9.47 Å². The molecule has 1 saturated heterocycles. The first-order chi connectivity index (χ1) is 12.5. The molecular weight excluding hydrogens is 352 g/mol. The van der Waals surface area contributed by atoms with Crippen LogP contribution in [-0.4, -0.2) is 58.8 Å². The second-order valence-corrected chi connectivity index (χ2v) is 9.10. The molecule has 26 heavy (non-hydrogen) atoms. The molecular formula is C19H30N2O4S. The van der Waals surface area contributed by atoms with E-state index in [1.165, 1.54) is 13.5 Å². The lowest BCUT2D eigenvalue weighted by Gasteiger charge is -2.48. The standard InChI is InChI=1S/C19H30N2O4S/c1-16-6-7-17(24-2)18(14-16)26(22,23)20-15-19(8-4-3-5-9-19)21-10-12-25-13-11-21/h6-7,14,20H,3-5,8-13,15H2,1-2H3. The summed E-state index contributed by atoms with van der Waals surface area (Å²) in [6.45, 7) is 5.51. The Kier molecular flexibility index (Phi) is 6.22. The molecule has 146 valence electrons. The molecule has 1 N–H and O–H groups in total. The van der Waals surface area contributed by atoms with Crippen molar-refractivity contribution < 1.29 is 17.9 Å². The highest BCUT2D eigenvalue weighted by atomic mass is 32.2. The summed E-state index contributed by atoms with van der Waals surface area (Å²) in [5.74, 6) is 0.382. The molecule has 0 amide bonds. The monoisotopic (exact) mass is 382 g/mol. The SMILES string of the molecule is COc1ccc(C)cc1S(=O)(=O)NCC1(N2CCOCC2)CCCCC1. The molecule has 0 unspecified atom stereocenters. The predicted molar refractivity (Wildman–Crippen MR) is 101 cm³/mol. The number of nitrogens with zero attached hydrogens (tertiary/aromatic N) is 1. The zero-order chi connectivity index (χ0) is 18.6. The molecule has 0 spiro atoms. The maximum Gasteiger partial charge on any atom is 0.244 e. The Morgan fingerprint density at radius 1 is 1.19 bits per heavy atom. The molecule has 1 aliphatic heterocycles. The van der Waals surface area contributed by atoms with Crippen molar-refractivity contribution in [1.82, 2.24) is 9.62 Å². The van der Waals surface area contributed by atoms with E-state index in [0.717, 1.165) is 57.6 Å². The van der Waals surface area contributed by atoms with Crippen molar-refractivity contribution in [2.45, 2.75) is 49.5 Å². The quantitative estimate of drug-likeness (QED) is 0.818. The van der Waals surface area contributed by atoms with E-state index < -0.39 is 10.0 Å². The van der Waals surface area contributed by atoms with Crippen molar-refractivity contribution in [1.29, 1.82) is 0 Å². The normalized spacial score (nSPS) is 21.5. The smallest absolute Gasteiger partial charge is 0.244 e. The molecule has 0 bridgehead atoms. The molecule has 0 aromatic heterocycles. The van der Waals surface area contributed by atoms with E-state index in [4.69, 9.17) is 9.47 Å². The number of morpholine rings is 1. The zero-order valence-corrected chi connectivity index (χ0v) is 16.6. The van der Waals surface area contributed by atoms with Gasteiger partial charge in [0, 0.05) is 25.2 Å². The fourth-order valence-corrected chi connectivity index (χ4v) is 5.52. The highest BCUT2D eigenvalue weighted by molar-refractivity contribution is 7.89. The van der Waals surface area contributed by atoms with Crippen molar-refractivity contribution in [3.8, 4) is 5.75 Å². The number of aryl methyl sites for hydroxylation is 1. The van der Waals surface area contributed by atoms with Gasteiger partial charge in [0.2, 0.25) is 10.0 Å². The summed E-state index contributed by atoms with van der Waals surface area (Å²) < 4.78 is 39.7. The molecule has 7 heteroatoms. The minimum atomic E-state index is -3.63. The molecule has 2 aliphatic rings. The van der Waals surface area contributed by atoms with Gasteiger partial charge in [-0.3, -0.25) is 4.90 Å². The van der Waals surface area contributed by atoms with Gasteiger partial charge in [0.15, 0.2) is 0 Å². The summed E-state index contributed by atoms with van der Waals surface area (Å²) in [6.07, 6.45) is 5.57. The molecule has 2 fully saturated rings. The van der Waals surface area contributed by atoms with Crippen LogP contribution in [0, 0.1) is 6.92 Å². The highest BCUT2D eigenvalue weighted by Crippen LogP contribution is 2.34. The second kappa shape index (κ2) is 8.25. The number of benzene rings is 1. The molecule has 1 aromatic rings. The molecule has 1 saturated carbocycles. The van der Waals surface area contributed by atoms with Crippen LogP contribution in [0.1, 0.15) is 37.7 Å². The summed E-state index contributed by atoms with van der Waals surface area (Å²) in [6, 6.07) is 5.24. The Morgan fingerprint density at radius 2 is 1.88 bits per heavy atom. The van der Waals surface area contributed by atoms with Crippen LogP contribution in [-0.2, 0) is 14.8 Å². The Morgan fingerprint density at radius 3 is 2.54 bits per heavy atom. The van der Waals surface area contributed by atoms with Crippen molar-refractivity contribution in [2.24, 2.45) is 0 Å². The van der Waals surface area contributed by atoms with Crippen LogP contribution in [0.4, 0.5) is 0 Å². The first-order valence-corrected chi connectivity index (χ1v) is 10.9. The third-order valence-electron chi connectivity index (χ3n) is 5.67. The fraction of sp³-hybridized carbons (Fsp3) is 0.684. The number of methoxy groups -OCH3 is 1. The van der Waals surface area contributed by atoms with E-state index in [9.17, 15) is 8.42 Å². The lowest BCUT2D eigenvalue weighted by Crippen LogP contribution is -2.59. The number of sulfonamides is 1. The lowest BCUT2D eigenvalue weighted by molar-refractivity contribution is -0.0348. The van der Waals surface area contributed by atoms with Crippen LogP contribution in [0.5, 0.6) is 5.75 Å². The molecule has 0 radical (unpaired) electrons. The summed E-state index contributed by atoms with van der Waals surface area (Å²) in [4.78, 5) is 2.65. The number of rotatable bonds is 6. The Labute approximate surface area is 156 Å². The maximum atomic E-state index is 13.0. The molecule has 0 atom stereocenters. The van der Waals surface area contributed by atoms with Crippen molar-refractivity contribution in [3.63, 3.8) is 0 Å². The Hall–Kier alpha value is -1.15. The number of hydrogen-bond acceptors (Lipinski definition) is 5. The fourth-order valence-electron chi connectivity index (χ4n) is 4.15. The summed E-state index contributed by atoms with van der Waals surface area (Å²) in [7, 11) is -2.13. The van der Waals surface area contributed by atoms with E-state index in [1.54, 1.807) is 12.1 Å². The van der Waals surface area contributed by atoms with Crippen LogP contribution >= 0.6 is 0 Å². The van der Waals surface area contributed by atoms with Gasteiger partial charge in [-0.15, -0.1) is 0 Å². The summed E-state index contributed by atoms with van der Waals surface area (Å²) in [5.41, 5.74) is 0.790. The minimum absolute atomic E-state index is 0.105. The highest BCUT2D eigenvalue weighted by Gasteiger charge is 2.39. The van der Waals surface area contributed by atoms with Gasteiger partial charge in [-0.1, -0.05) is 25.3 Å². The topological polar surface area (TPSA) is 67.9 Å². The third kappa shape index (κ3) is 4.22. The number of ether oxygens (including phenoxy) is 2.